The Morgan fingerprint density at radius 3 is 1.38 bits per heavy atom. The van der Waals surface area contributed by atoms with Gasteiger partial charge in [-0.3, -0.25) is 0 Å². The number of hydrogen-bond acceptors (Lipinski definition) is 8. The number of carboxylic acids is 2. The summed E-state index contributed by atoms with van der Waals surface area (Å²) in [5, 5.41) is 40.6. The predicted molar refractivity (Wildman–Crippen MR) is 91.9 cm³/mol. The first kappa shape index (κ1) is 22.2. The smallest absolute Gasteiger partial charge is 0.414 e. The molecule has 0 bridgehead atoms. The average Bonchev–Trinajstić information content (AvgIpc) is 3.27. The summed E-state index contributed by atoms with van der Waals surface area (Å²) in [6, 6.07) is 3.75. The van der Waals surface area contributed by atoms with E-state index in [-0.39, 0.29) is 0 Å². The second kappa shape index (κ2) is 12.6. The van der Waals surface area contributed by atoms with E-state index < -0.39 is 24.1 Å². The Kier molecular flexibility index (Phi) is 11.6. The van der Waals surface area contributed by atoms with Gasteiger partial charge in [0.2, 0.25) is 0 Å². The number of aliphatic hydroxyl groups is 2. The number of thiophene rings is 2. The zero-order valence-corrected chi connectivity index (χ0v) is 14.2. The van der Waals surface area contributed by atoms with Crippen LogP contribution in [0, 0.1) is 0 Å². The molecule has 2 unspecified atom stereocenters. The number of carboxylic acid groups (broad SMARTS) is 2. The molecule has 2 aromatic heterocycles. The molecule has 0 fully saturated rings. The largest absolute Gasteiger partial charge is 0.473 e. The molecule has 8 N–H and O–H groups in total. The molecule has 0 aromatic carbocycles. The van der Waals surface area contributed by atoms with Crippen LogP contribution in [-0.2, 0) is 9.59 Å². The minimum atomic E-state index is -1.82. The first-order chi connectivity index (χ1) is 11.3. The molecule has 2 heterocycles. The van der Waals surface area contributed by atoms with Crippen molar-refractivity contribution in [3.05, 3.63) is 44.8 Å². The third-order valence-corrected chi connectivity index (χ3v) is 3.89. The van der Waals surface area contributed by atoms with E-state index >= 15 is 0 Å². The number of carbonyl (C=O) groups is 2. The first-order valence-electron chi connectivity index (χ1n) is 6.60. The van der Waals surface area contributed by atoms with Gasteiger partial charge >= 0.3 is 11.9 Å². The van der Waals surface area contributed by atoms with E-state index in [4.69, 9.17) is 41.5 Å². The lowest BCUT2D eigenvalue weighted by Gasteiger charge is -2.01. The Labute approximate surface area is 146 Å². The molecule has 0 aliphatic heterocycles. The van der Waals surface area contributed by atoms with Gasteiger partial charge in [-0.2, -0.15) is 22.7 Å². The number of nitrogens with two attached hydrogens (primary N) is 2. The van der Waals surface area contributed by atoms with Crippen LogP contribution in [0.5, 0.6) is 0 Å². The summed E-state index contributed by atoms with van der Waals surface area (Å²) in [4.78, 5) is 18.2. The molecule has 0 aliphatic carbocycles. The number of aliphatic hydroxyl groups excluding tert-OH is 2. The molecule has 134 valence electrons. The summed E-state index contributed by atoms with van der Waals surface area (Å²) in [5.41, 5.74) is 12.3. The third-order valence-electron chi connectivity index (χ3n) is 2.49. The number of aliphatic carboxylic acids is 2. The molecular formula is C14H20N2O6S2. The van der Waals surface area contributed by atoms with Gasteiger partial charge < -0.3 is 31.9 Å². The van der Waals surface area contributed by atoms with Crippen LogP contribution in [0.2, 0.25) is 0 Å². The van der Waals surface area contributed by atoms with Crippen molar-refractivity contribution >= 4 is 34.6 Å². The molecule has 0 saturated heterocycles. The van der Waals surface area contributed by atoms with Crippen LogP contribution < -0.4 is 11.5 Å². The molecule has 2 rings (SSSR count). The minimum absolute atomic E-state index is 0.302. The van der Waals surface area contributed by atoms with Crippen LogP contribution in [0.4, 0.5) is 0 Å². The molecule has 0 amide bonds. The highest BCUT2D eigenvalue weighted by Gasteiger charge is 2.04. The van der Waals surface area contributed by atoms with Crippen LogP contribution in [0.1, 0.15) is 23.3 Å². The Balaban J connectivity index is 0.000000340. The fourth-order valence-corrected chi connectivity index (χ4v) is 2.62. The van der Waals surface area contributed by atoms with Gasteiger partial charge in [-0.1, -0.05) is 0 Å². The standard InChI is InChI=1S/2C6H9NOS.C2H2O4/c2*7-3-6(8)5-1-2-9-4-5;3-1(4)2(5)6/h2*1-2,4,6,8H,3,7H2;(H,3,4)(H,5,6). The van der Waals surface area contributed by atoms with Crippen molar-refractivity contribution in [1.29, 1.82) is 0 Å². The van der Waals surface area contributed by atoms with Gasteiger partial charge in [0.1, 0.15) is 0 Å². The minimum Gasteiger partial charge on any atom is -0.473 e. The topological polar surface area (TPSA) is 167 Å². The van der Waals surface area contributed by atoms with Gasteiger partial charge in [0.15, 0.2) is 0 Å². The van der Waals surface area contributed by atoms with E-state index in [0.29, 0.717) is 13.1 Å². The van der Waals surface area contributed by atoms with Gasteiger partial charge in [-0.05, 0) is 44.8 Å². The Morgan fingerprint density at radius 1 is 0.875 bits per heavy atom. The quantitative estimate of drug-likeness (QED) is 0.423. The van der Waals surface area contributed by atoms with Crippen LogP contribution in [0.15, 0.2) is 33.7 Å². The highest BCUT2D eigenvalue weighted by molar-refractivity contribution is 7.08. The van der Waals surface area contributed by atoms with E-state index in [1.54, 1.807) is 22.7 Å². The molecule has 0 radical (unpaired) electrons. The monoisotopic (exact) mass is 376 g/mol. The predicted octanol–water partition coefficient (Wildman–Crippen LogP) is 0.636. The van der Waals surface area contributed by atoms with E-state index in [2.05, 4.69) is 0 Å². The van der Waals surface area contributed by atoms with Gasteiger partial charge in [0, 0.05) is 13.1 Å². The van der Waals surface area contributed by atoms with E-state index in [1.165, 1.54) is 0 Å². The molecule has 0 saturated carbocycles. The van der Waals surface area contributed by atoms with Crippen LogP contribution in [0.3, 0.4) is 0 Å². The van der Waals surface area contributed by atoms with Crippen molar-refractivity contribution < 1.29 is 30.0 Å². The first-order valence-corrected chi connectivity index (χ1v) is 8.48. The van der Waals surface area contributed by atoms with Crippen LogP contribution >= 0.6 is 22.7 Å². The molecule has 0 spiro atoms. The van der Waals surface area contributed by atoms with Crippen molar-refractivity contribution in [2.75, 3.05) is 13.1 Å². The second-order valence-electron chi connectivity index (χ2n) is 4.23. The molecule has 24 heavy (non-hydrogen) atoms. The Hall–Kier alpha value is -1.82. The molecule has 2 aromatic rings. The normalized spacial score (nSPS) is 12.0. The number of hydrogen-bond donors (Lipinski definition) is 6. The van der Waals surface area contributed by atoms with E-state index in [0.717, 1.165) is 11.1 Å². The lowest BCUT2D eigenvalue weighted by atomic mass is 10.2. The molecule has 0 aliphatic rings. The Bertz CT molecular complexity index is 522. The Morgan fingerprint density at radius 2 is 1.21 bits per heavy atom. The van der Waals surface area contributed by atoms with Gasteiger partial charge in [0.05, 0.1) is 12.2 Å². The summed E-state index contributed by atoms with van der Waals surface area (Å²) < 4.78 is 0. The van der Waals surface area contributed by atoms with Crippen LogP contribution in [0.25, 0.3) is 0 Å². The van der Waals surface area contributed by atoms with E-state index in [1.807, 2.05) is 33.7 Å². The van der Waals surface area contributed by atoms with Gasteiger partial charge in [-0.15, -0.1) is 0 Å². The fourth-order valence-electron chi connectivity index (χ4n) is 1.20. The fraction of sp³-hybridized carbons (Fsp3) is 0.286. The number of rotatable bonds is 4. The molecular weight excluding hydrogens is 356 g/mol. The molecule has 2 atom stereocenters. The van der Waals surface area contributed by atoms with Crippen molar-refractivity contribution in [1.82, 2.24) is 0 Å². The molecule has 10 heteroatoms. The summed E-state index contributed by atoms with van der Waals surface area (Å²) >= 11 is 3.14. The maximum atomic E-state index is 9.10. The SMILES string of the molecule is NCC(O)c1ccsc1.NCC(O)c1ccsc1.O=C(O)C(=O)O. The average molecular weight is 376 g/mol. The summed E-state index contributed by atoms with van der Waals surface area (Å²) in [7, 11) is 0. The summed E-state index contributed by atoms with van der Waals surface area (Å²) in [5.74, 6) is -3.65. The van der Waals surface area contributed by atoms with Gasteiger partial charge in [0.25, 0.3) is 0 Å². The zero-order valence-electron chi connectivity index (χ0n) is 12.6. The summed E-state index contributed by atoms with van der Waals surface area (Å²) in [6.45, 7) is 0.605. The van der Waals surface area contributed by atoms with Crippen molar-refractivity contribution in [2.24, 2.45) is 11.5 Å². The van der Waals surface area contributed by atoms with Crippen molar-refractivity contribution in [3.63, 3.8) is 0 Å². The zero-order chi connectivity index (χ0) is 18.5. The molecule has 8 nitrogen and oxygen atoms in total. The maximum Gasteiger partial charge on any atom is 0.414 e. The lowest BCUT2D eigenvalue weighted by Crippen LogP contribution is -2.10. The van der Waals surface area contributed by atoms with Crippen LogP contribution in [-0.4, -0.2) is 45.5 Å². The van der Waals surface area contributed by atoms with E-state index in [9.17, 15) is 0 Å². The summed E-state index contributed by atoms with van der Waals surface area (Å²) in [6.07, 6.45) is -0.951. The maximum absolute atomic E-state index is 9.10. The third kappa shape index (κ3) is 9.35. The highest BCUT2D eigenvalue weighted by atomic mass is 32.1. The van der Waals surface area contributed by atoms with Crippen molar-refractivity contribution in [2.45, 2.75) is 12.2 Å². The van der Waals surface area contributed by atoms with Gasteiger partial charge in [-0.25, -0.2) is 9.59 Å². The lowest BCUT2D eigenvalue weighted by molar-refractivity contribution is -0.159. The highest BCUT2D eigenvalue weighted by Crippen LogP contribution is 2.14. The van der Waals surface area contributed by atoms with Crippen molar-refractivity contribution in [3.8, 4) is 0 Å². The second-order valence-corrected chi connectivity index (χ2v) is 5.79.